The molecule has 0 aromatic heterocycles. The molecule has 0 heterocycles. The number of benzene rings is 1. The van der Waals surface area contributed by atoms with Gasteiger partial charge in [0.15, 0.2) is 0 Å². The summed E-state index contributed by atoms with van der Waals surface area (Å²) in [6, 6.07) is 8.92. The van der Waals surface area contributed by atoms with Crippen molar-refractivity contribution in [3.05, 3.63) is 35.9 Å². The first kappa shape index (κ1) is 13.8. The SMILES string of the molecule is F.F.O=C([O][Ga])c1ccccc1. The van der Waals surface area contributed by atoms with Crippen LogP contribution in [-0.4, -0.2) is 24.9 Å². The van der Waals surface area contributed by atoms with Gasteiger partial charge < -0.3 is 0 Å². The van der Waals surface area contributed by atoms with Crippen molar-refractivity contribution in [2.24, 2.45) is 0 Å². The third kappa shape index (κ3) is 3.54. The Kier molecular flexibility index (Phi) is 7.87. The number of hydrogen-bond acceptors (Lipinski definition) is 2. The Morgan fingerprint density at radius 1 is 1.17 bits per heavy atom. The molecule has 0 unspecified atom stereocenters. The third-order valence-corrected chi connectivity index (χ3v) is 1.57. The molecule has 1 aromatic rings. The molecule has 0 amide bonds. The van der Waals surface area contributed by atoms with Crippen molar-refractivity contribution < 1.29 is 17.7 Å². The molecule has 0 N–H and O–H groups in total. The fourth-order valence-corrected chi connectivity index (χ4v) is 0.928. The van der Waals surface area contributed by atoms with Gasteiger partial charge in [-0.25, -0.2) is 0 Å². The molecule has 12 heavy (non-hydrogen) atoms. The molecule has 0 aliphatic rings. The zero-order valence-electron chi connectivity index (χ0n) is 6.10. The Hall–Kier alpha value is -0.814. The van der Waals surface area contributed by atoms with Crippen LogP contribution < -0.4 is 0 Å². The van der Waals surface area contributed by atoms with Crippen LogP contribution in [-0.2, 0) is 3.53 Å². The predicted molar refractivity (Wildman–Crippen MR) is 42.6 cm³/mol. The molecular weight excluding hydrogens is 224 g/mol. The van der Waals surface area contributed by atoms with E-state index in [1.54, 1.807) is 24.3 Å². The van der Waals surface area contributed by atoms with Gasteiger partial charge in [0.25, 0.3) is 0 Å². The number of rotatable bonds is 1. The molecule has 64 valence electrons. The molecule has 0 fully saturated rings. The second-order valence-corrected chi connectivity index (χ2v) is 2.27. The summed E-state index contributed by atoms with van der Waals surface area (Å²) in [6.07, 6.45) is 0. The van der Waals surface area contributed by atoms with Crippen molar-refractivity contribution in [1.82, 2.24) is 0 Å². The Morgan fingerprint density at radius 2 is 1.67 bits per heavy atom. The van der Waals surface area contributed by atoms with Gasteiger partial charge in [0, 0.05) is 0 Å². The van der Waals surface area contributed by atoms with Gasteiger partial charge in [-0.15, -0.1) is 0 Å². The van der Waals surface area contributed by atoms with E-state index in [-0.39, 0.29) is 15.4 Å². The van der Waals surface area contributed by atoms with E-state index < -0.39 is 0 Å². The molecule has 0 spiro atoms. The van der Waals surface area contributed by atoms with E-state index in [1.807, 2.05) is 6.07 Å². The van der Waals surface area contributed by atoms with Crippen LogP contribution in [0.5, 0.6) is 0 Å². The van der Waals surface area contributed by atoms with Crippen LogP contribution in [0.25, 0.3) is 0 Å². The van der Waals surface area contributed by atoms with Gasteiger partial charge >= 0.3 is 69.2 Å². The molecule has 1 aromatic carbocycles. The van der Waals surface area contributed by atoms with Crippen LogP contribution in [0.15, 0.2) is 30.3 Å². The molecular formula is C7H7F2GaO2. The Balaban J connectivity index is 0. The van der Waals surface area contributed by atoms with Gasteiger partial charge in [-0.3, -0.25) is 9.41 Å². The van der Waals surface area contributed by atoms with Gasteiger partial charge in [0.05, 0.1) is 0 Å². The molecule has 5 heteroatoms. The Labute approximate surface area is 79.0 Å². The topological polar surface area (TPSA) is 26.3 Å². The molecule has 2 radical (unpaired) electrons. The third-order valence-electron chi connectivity index (χ3n) is 1.12. The molecule has 1 rings (SSSR count). The summed E-state index contributed by atoms with van der Waals surface area (Å²) in [5, 5.41) is 0. The van der Waals surface area contributed by atoms with Crippen LogP contribution in [0.4, 0.5) is 9.41 Å². The van der Waals surface area contributed by atoms with E-state index in [0.717, 1.165) is 19.0 Å². The minimum atomic E-state index is -0.263. The number of carbonyl (C=O) groups is 1. The van der Waals surface area contributed by atoms with Crippen molar-refractivity contribution in [3.63, 3.8) is 0 Å². The van der Waals surface area contributed by atoms with Gasteiger partial charge in [0.1, 0.15) is 0 Å². The van der Waals surface area contributed by atoms with Crippen LogP contribution in [0.2, 0.25) is 0 Å². The Bertz CT molecular complexity index is 228. The summed E-state index contributed by atoms with van der Waals surface area (Å²) in [7, 11) is 0. The molecule has 2 nitrogen and oxygen atoms in total. The maximum absolute atomic E-state index is 10.8. The summed E-state index contributed by atoms with van der Waals surface area (Å²) in [6.45, 7) is 0. The second-order valence-electron chi connectivity index (χ2n) is 1.77. The van der Waals surface area contributed by atoms with Crippen LogP contribution in [0, 0.1) is 0 Å². The van der Waals surface area contributed by atoms with Crippen molar-refractivity contribution in [3.8, 4) is 0 Å². The molecule has 0 saturated carbocycles. The van der Waals surface area contributed by atoms with Crippen LogP contribution in [0.1, 0.15) is 10.4 Å². The minimum absolute atomic E-state index is 0. The average Bonchev–Trinajstić information content (AvgIpc) is 2.05. The molecule has 0 saturated heterocycles. The van der Waals surface area contributed by atoms with Gasteiger partial charge in [0.2, 0.25) is 0 Å². The number of carbonyl (C=O) groups excluding carboxylic acids is 1. The van der Waals surface area contributed by atoms with E-state index in [0.29, 0.717) is 5.56 Å². The Morgan fingerprint density at radius 3 is 2.08 bits per heavy atom. The van der Waals surface area contributed by atoms with Crippen LogP contribution >= 0.6 is 0 Å². The van der Waals surface area contributed by atoms with Crippen molar-refractivity contribution >= 4 is 24.9 Å². The average molecular weight is 231 g/mol. The monoisotopic (exact) mass is 230 g/mol. The quantitative estimate of drug-likeness (QED) is 0.679. The summed E-state index contributed by atoms with van der Waals surface area (Å²) in [5.74, 6) is -0.263. The normalized spacial score (nSPS) is 7.33. The summed E-state index contributed by atoms with van der Waals surface area (Å²) >= 11 is 0.960. The van der Waals surface area contributed by atoms with Gasteiger partial charge in [-0.2, -0.15) is 0 Å². The first-order chi connectivity index (χ1) is 4.84. The fourth-order valence-electron chi connectivity index (χ4n) is 0.642. The molecule has 0 aliphatic heterocycles. The van der Waals surface area contributed by atoms with E-state index in [2.05, 4.69) is 3.53 Å². The van der Waals surface area contributed by atoms with Crippen molar-refractivity contribution in [1.29, 1.82) is 0 Å². The van der Waals surface area contributed by atoms with Crippen molar-refractivity contribution in [2.45, 2.75) is 0 Å². The summed E-state index contributed by atoms with van der Waals surface area (Å²) < 4.78 is 4.56. The van der Waals surface area contributed by atoms with Crippen LogP contribution in [0.3, 0.4) is 0 Å². The summed E-state index contributed by atoms with van der Waals surface area (Å²) in [5.41, 5.74) is 0.604. The van der Waals surface area contributed by atoms with E-state index >= 15 is 0 Å². The first-order valence-corrected chi connectivity index (χ1v) is 3.79. The zero-order chi connectivity index (χ0) is 7.40. The summed E-state index contributed by atoms with van der Waals surface area (Å²) in [4.78, 5) is 10.8. The van der Waals surface area contributed by atoms with E-state index in [9.17, 15) is 4.79 Å². The van der Waals surface area contributed by atoms with Gasteiger partial charge in [-0.05, 0) is 0 Å². The number of hydrogen-bond donors (Lipinski definition) is 0. The first-order valence-electron chi connectivity index (χ1n) is 2.80. The zero-order valence-corrected chi connectivity index (χ0v) is 8.52. The standard InChI is InChI=1S/C7H6O2.2FH.Ga/c8-7(9)6-4-2-1-3-5-6;;;/h1-5H,(H,8,9);2*1H;/q;;;+1/p-1. The van der Waals surface area contributed by atoms with E-state index in [1.165, 1.54) is 0 Å². The van der Waals surface area contributed by atoms with Crippen molar-refractivity contribution in [2.75, 3.05) is 0 Å². The molecule has 0 atom stereocenters. The maximum atomic E-state index is 10.8. The van der Waals surface area contributed by atoms with E-state index in [4.69, 9.17) is 0 Å². The molecule has 0 aliphatic carbocycles. The molecule has 0 bridgehead atoms. The predicted octanol–water partition coefficient (Wildman–Crippen LogP) is 1.23. The second kappa shape index (κ2) is 6.87. The fraction of sp³-hybridized carbons (Fsp3) is 0. The van der Waals surface area contributed by atoms with Gasteiger partial charge in [-0.1, -0.05) is 0 Å². The number of halogens is 2.